The Hall–Kier alpha value is -2.23. The smallest absolute Gasteiger partial charge is 0.224 e. The number of aryl methyl sites for hydroxylation is 1. The van der Waals surface area contributed by atoms with E-state index in [0.717, 1.165) is 23.8 Å². The van der Waals surface area contributed by atoms with Crippen molar-refractivity contribution < 1.29 is 13.6 Å². The van der Waals surface area contributed by atoms with Crippen LogP contribution in [0.25, 0.3) is 0 Å². The van der Waals surface area contributed by atoms with E-state index < -0.39 is 11.6 Å². The standard InChI is InChI=1S/C15H13F2NO/c16-12-7-8-13(17)14(10-12)18-15(19)9-6-11-4-2-1-3-5-11/h1-5,7-8,10H,6,9H2,(H,18,19). The Morgan fingerprint density at radius 2 is 1.79 bits per heavy atom. The van der Waals surface area contributed by atoms with Crippen LogP contribution in [0.3, 0.4) is 0 Å². The first kappa shape index (κ1) is 13.2. The van der Waals surface area contributed by atoms with Gasteiger partial charge in [-0.05, 0) is 24.1 Å². The lowest BCUT2D eigenvalue weighted by Crippen LogP contribution is -2.13. The number of hydrogen-bond donors (Lipinski definition) is 1. The SMILES string of the molecule is O=C(CCc1ccccc1)Nc1cc(F)ccc1F. The van der Waals surface area contributed by atoms with Gasteiger partial charge in [-0.15, -0.1) is 0 Å². The molecular weight excluding hydrogens is 248 g/mol. The third kappa shape index (κ3) is 3.88. The molecule has 0 aliphatic heterocycles. The summed E-state index contributed by atoms with van der Waals surface area (Å²) >= 11 is 0. The lowest BCUT2D eigenvalue weighted by atomic mass is 10.1. The molecule has 0 aliphatic rings. The third-order valence-corrected chi connectivity index (χ3v) is 2.69. The molecule has 98 valence electrons. The summed E-state index contributed by atoms with van der Waals surface area (Å²) in [6, 6.07) is 12.5. The second-order valence-corrected chi connectivity index (χ2v) is 4.16. The Morgan fingerprint density at radius 3 is 2.53 bits per heavy atom. The molecule has 2 rings (SSSR count). The molecule has 0 aromatic heterocycles. The fourth-order valence-corrected chi connectivity index (χ4v) is 1.71. The minimum absolute atomic E-state index is 0.127. The average Bonchev–Trinajstić information content (AvgIpc) is 2.42. The van der Waals surface area contributed by atoms with Crippen molar-refractivity contribution in [3.05, 3.63) is 65.7 Å². The summed E-state index contributed by atoms with van der Waals surface area (Å²) in [5.74, 6) is -1.57. The van der Waals surface area contributed by atoms with E-state index in [1.807, 2.05) is 30.3 Å². The molecular formula is C15H13F2NO. The van der Waals surface area contributed by atoms with Crippen LogP contribution in [0.1, 0.15) is 12.0 Å². The summed E-state index contributed by atoms with van der Waals surface area (Å²) in [5, 5.41) is 2.37. The molecule has 0 heterocycles. The maximum atomic E-state index is 13.3. The van der Waals surface area contributed by atoms with Crippen LogP contribution in [0, 0.1) is 11.6 Å². The van der Waals surface area contributed by atoms with Crippen LogP contribution in [0.4, 0.5) is 14.5 Å². The number of rotatable bonds is 4. The highest BCUT2D eigenvalue weighted by molar-refractivity contribution is 5.90. The summed E-state index contributed by atoms with van der Waals surface area (Å²) in [6.07, 6.45) is 0.781. The van der Waals surface area contributed by atoms with Gasteiger partial charge in [0.15, 0.2) is 0 Å². The maximum Gasteiger partial charge on any atom is 0.224 e. The Kier molecular flexibility index (Phi) is 4.23. The highest BCUT2D eigenvalue weighted by atomic mass is 19.1. The van der Waals surface area contributed by atoms with Gasteiger partial charge >= 0.3 is 0 Å². The molecule has 2 nitrogen and oxygen atoms in total. The maximum absolute atomic E-state index is 13.3. The van der Waals surface area contributed by atoms with Crippen molar-refractivity contribution in [3.63, 3.8) is 0 Å². The molecule has 0 atom stereocenters. The molecule has 0 radical (unpaired) electrons. The Labute approximate surface area is 110 Å². The van der Waals surface area contributed by atoms with Crippen LogP contribution < -0.4 is 5.32 Å². The molecule has 4 heteroatoms. The molecule has 2 aromatic carbocycles. The molecule has 0 spiro atoms. The lowest BCUT2D eigenvalue weighted by molar-refractivity contribution is -0.116. The molecule has 0 aliphatic carbocycles. The predicted molar refractivity (Wildman–Crippen MR) is 69.8 cm³/mol. The molecule has 1 N–H and O–H groups in total. The number of hydrogen-bond acceptors (Lipinski definition) is 1. The summed E-state index contributed by atoms with van der Waals surface area (Å²) in [6.45, 7) is 0. The van der Waals surface area contributed by atoms with Crippen LogP contribution in [-0.2, 0) is 11.2 Å². The van der Waals surface area contributed by atoms with Crippen LogP contribution in [0.2, 0.25) is 0 Å². The minimum atomic E-state index is -0.644. The van der Waals surface area contributed by atoms with Gasteiger partial charge in [-0.1, -0.05) is 30.3 Å². The van der Waals surface area contributed by atoms with E-state index in [-0.39, 0.29) is 18.0 Å². The molecule has 0 bridgehead atoms. The van der Waals surface area contributed by atoms with Gasteiger partial charge in [0, 0.05) is 12.5 Å². The Balaban J connectivity index is 1.93. The number of anilines is 1. The monoisotopic (exact) mass is 261 g/mol. The van der Waals surface area contributed by atoms with Crippen molar-refractivity contribution in [2.45, 2.75) is 12.8 Å². The molecule has 0 saturated carbocycles. The number of benzene rings is 2. The van der Waals surface area contributed by atoms with Crippen molar-refractivity contribution in [2.75, 3.05) is 5.32 Å². The average molecular weight is 261 g/mol. The van der Waals surface area contributed by atoms with Crippen LogP contribution in [0.15, 0.2) is 48.5 Å². The minimum Gasteiger partial charge on any atom is -0.324 e. The highest BCUT2D eigenvalue weighted by Gasteiger charge is 2.08. The van der Waals surface area contributed by atoms with Crippen LogP contribution >= 0.6 is 0 Å². The molecule has 2 aromatic rings. The fourth-order valence-electron chi connectivity index (χ4n) is 1.71. The van der Waals surface area contributed by atoms with Crippen LogP contribution in [-0.4, -0.2) is 5.91 Å². The van der Waals surface area contributed by atoms with Gasteiger partial charge in [0.2, 0.25) is 5.91 Å². The highest BCUT2D eigenvalue weighted by Crippen LogP contribution is 2.15. The van der Waals surface area contributed by atoms with Gasteiger partial charge < -0.3 is 5.32 Å². The van der Waals surface area contributed by atoms with Crippen molar-refractivity contribution in [1.29, 1.82) is 0 Å². The molecule has 0 saturated heterocycles. The first-order valence-electron chi connectivity index (χ1n) is 5.94. The van der Waals surface area contributed by atoms with Gasteiger partial charge in [0.25, 0.3) is 0 Å². The van der Waals surface area contributed by atoms with Crippen molar-refractivity contribution in [3.8, 4) is 0 Å². The lowest BCUT2D eigenvalue weighted by Gasteiger charge is -2.06. The number of carbonyl (C=O) groups is 1. The largest absolute Gasteiger partial charge is 0.324 e. The van der Waals surface area contributed by atoms with Gasteiger partial charge in [-0.25, -0.2) is 8.78 Å². The van der Waals surface area contributed by atoms with E-state index in [1.165, 1.54) is 0 Å². The van der Waals surface area contributed by atoms with E-state index in [9.17, 15) is 13.6 Å². The fraction of sp³-hybridized carbons (Fsp3) is 0.133. The van der Waals surface area contributed by atoms with Crippen molar-refractivity contribution >= 4 is 11.6 Å². The normalized spacial score (nSPS) is 10.2. The quantitative estimate of drug-likeness (QED) is 0.896. The second-order valence-electron chi connectivity index (χ2n) is 4.16. The molecule has 0 unspecified atom stereocenters. The van der Waals surface area contributed by atoms with Gasteiger partial charge in [0.1, 0.15) is 11.6 Å². The number of nitrogens with one attached hydrogen (secondary N) is 1. The zero-order valence-corrected chi connectivity index (χ0v) is 10.2. The topological polar surface area (TPSA) is 29.1 Å². The first-order chi connectivity index (χ1) is 9.15. The molecule has 0 fully saturated rings. The van der Waals surface area contributed by atoms with E-state index >= 15 is 0 Å². The van der Waals surface area contributed by atoms with Gasteiger partial charge in [0.05, 0.1) is 5.69 Å². The third-order valence-electron chi connectivity index (χ3n) is 2.69. The molecule has 19 heavy (non-hydrogen) atoms. The van der Waals surface area contributed by atoms with E-state index in [4.69, 9.17) is 0 Å². The summed E-state index contributed by atoms with van der Waals surface area (Å²) in [5.41, 5.74) is 0.899. The summed E-state index contributed by atoms with van der Waals surface area (Å²) in [4.78, 5) is 11.6. The summed E-state index contributed by atoms with van der Waals surface area (Å²) in [7, 11) is 0. The Bertz CT molecular complexity index is 570. The van der Waals surface area contributed by atoms with Crippen molar-refractivity contribution in [2.24, 2.45) is 0 Å². The van der Waals surface area contributed by atoms with Gasteiger partial charge in [-0.3, -0.25) is 4.79 Å². The number of carbonyl (C=O) groups excluding carboxylic acids is 1. The zero-order chi connectivity index (χ0) is 13.7. The van der Waals surface area contributed by atoms with Crippen LogP contribution in [0.5, 0.6) is 0 Å². The summed E-state index contributed by atoms with van der Waals surface area (Å²) < 4.78 is 26.2. The van der Waals surface area contributed by atoms with E-state index in [1.54, 1.807) is 0 Å². The number of amides is 1. The van der Waals surface area contributed by atoms with E-state index in [0.29, 0.717) is 6.42 Å². The Morgan fingerprint density at radius 1 is 1.05 bits per heavy atom. The first-order valence-corrected chi connectivity index (χ1v) is 5.94. The van der Waals surface area contributed by atoms with E-state index in [2.05, 4.69) is 5.32 Å². The van der Waals surface area contributed by atoms with Crippen molar-refractivity contribution in [1.82, 2.24) is 0 Å². The zero-order valence-electron chi connectivity index (χ0n) is 10.2. The number of halogens is 2. The molecule has 1 amide bonds. The van der Waals surface area contributed by atoms with Gasteiger partial charge in [-0.2, -0.15) is 0 Å². The second kappa shape index (κ2) is 6.09. The predicted octanol–water partition coefficient (Wildman–Crippen LogP) is 3.54.